The van der Waals surface area contributed by atoms with Gasteiger partial charge in [0.05, 0.1) is 0 Å². The molecule has 0 aliphatic carbocycles. The van der Waals surface area contributed by atoms with E-state index in [0.29, 0.717) is 24.2 Å². The second-order valence-corrected chi connectivity index (χ2v) is 26.1. The number of rotatable bonds is 14. The van der Waals surface area contributed by atoms with Crippen molar-refractivity contribution in [1.82, 2.24) is 0 Å². The van der Waals surface area contributed by atoms with Crippen LogP contribution in [0.3, 0.4) is 0 Å². The number of anilines is 6. The van der Waals surface area contributed by atoms with Gasteiger partial charge in [-0.3, -0.25) is 9.98 Å². The van der Waals surface area contributed by atoms with Crippen LogP contribution in [0.15, 0.2) is 192 Å². The van der Waals surface area contributed by atoms with Gasteiger partial charge >= 0.3 is 25.3 Å². The monoisotopic (exact) mass is 1240 g/mol. The van der Waals surface area contributed by atoms with Crippen molar-refractivity contribution in [1.29, 1.82) is 0 Å². The zero-order valence-electron chi connectivity index (χ0n) is 49.3. The van der Waals surface area contributed by atoms with Crippen LogP contribution in [0.25, 0.3) is 22.3 Å². The van der Waals surface area contributed by atoms with E-state index in [1.54, 1.807) is 12.4 Å². The van der Waals surface area contributed by atoms with E-state index in [1.807, 2.05) is 24.3 Å². The normalized spacial score (nSPS) is 12.3. The maximum absolute atomic E-state index is 11.7. The predicted octanol–water partition coefficient (Wildman–Crippen LogP) is 18.9. The first-order chi connectivity index (χ1) is 37.7. The summed E-state index contributed by atoms with van der Waals surface area (Å²) in [4.78, 5) is 14.4. The molecule has 0 saturated carbocycles. The zero-order chi connectivity index (χ0) is 58.2. The fraction of sp³-hybridized carbons (Fsp3) is 0.296. The quantitative estimate of drug-likeness (QED) is 0.105. The fourth-order valence-corrected chi connectivity index (χ4v) is 10.2. The molecule has 8 aromatic carbocycles. The van der Waals surface area contributed by atoms with E-state index >= 15 is 0 Å². The number of nitrogens with zero attached hydrogens (tertiary/aromatic N) is 4. The van der Waals surface area contributed by atoms with Gasteiger partial charge in [0, 0.05) is 76.2 Å². The van der Waals surface area contributed by atoms with Crippen LogP contribution in [-0.4, -0.2) is 35.7 Å². The molecule has 0 fully saturated rings. The Hall–Kier alpha value is -7.41. The first-order valence-corrected chi connectivity index (χ1v) is 29.9. The molecule has 8 rings (SSSR count). The van der Waals surface area contributed by atoms with E-state index in [9.17, 15) is 10.2 Å². The van der Waals surface area contributed by atoms with E-state index in [2.05, 4.69) is 264 Å². The third kappa shape index (κ3) is 14.7. The predicted molar refractivity (Wildman–Crippen MR) is 331 cm³/mol. The summed E-state index contributed by atoms with van der Waals surface area (Å²) >= 11 is -2.25. The molecule has 0 aliphatic rings. The number of para-hydroxylation sites is 4. The average molecular weight is 1240 g/mol. The third-order valence-corrected chi connectivity index (χ3v) is 14.2. The van der Waals surface area contributed by atoms with Crippen LogP contribution in [0.2, 0.25) is 0 Å². The Balaban J connectivity index is 0.00000301. The summed E-state index contributed by atoms with van der Waals surface area (Å²) in [6, 6.07) is 63.5. The first-order valence-electron chi connectivity index (χ1n) is 27.5. The van der Waals surface area contributed by atoms with Crippen molar-refractivity contribution in [3.8, 4) is 33.8 Å². The molecule has 8 aromatic rings. The molecule has 0 bridgehead atoms. The van der Waals surface area contributed by atoms with Crippen LogP contribution in [0.1, 0.15) is 130 Å². The minimum atomic E-state index is -2.25. The van der Waals surface area contributed by atoms with Gasteiger partial charge in [-0.1, -0.05) is 182 Å². The summed E-state index contributed by atoms with van der Waals surface area (Å²) in [5.74, 6) is 0.364. The minimum absolute atomic E-state index is 0.182. The molecule has 0 unspecified atom stereocenters. The van der Waals surface area contributed by atoms with Crippen LogP contribution in [0.4, 0.5) is 34.1 Å². The second-order valence-electron chi connectivity index (χ2n) is 25.6. The molecule has 0 atom stereocenters. The molecule has 8 nitrogen and oxygen atoms in total. The van der Waals surface area contributed by atoms with Gasteiger partial charge in [0.15, 0.2) is 0 Å². The van der Waals surface area contributed by atoms with E-state index in [1.165, 1.54) is 22.3 Å². The Morgan fingerprint density at radius 3 is 0.850 bits per heavy atom. The first kappa shape index (κ1) is 60.2. The molecule has 0 saturated heterocycles. The Morgan fingerprint density at radius 2 is 0.625 bits per heavy atom. The van der Waals surface area contributed by atoms with Gasteiger partial charge in [0.2, 0.25) is 0 Å². The Morgan fingerprint density at radius 1 is 0.375 bits per heavy atom. The van der Waals surface area contributed by atoms with Crippen molar-refractivity contribution in [3.63, 3.8) is 0 Å². The van der Waals surface area contributed by atoms with Crippen LogP contribution in [0.5, 0.6) is 11.5 Å². The van der Waals surface area contributed by atoms with Gasteiger partial charge in [0.25, 0.3) is 0 Å². The van der Waals surface area contributed by atoms with Gasteiger partial charge in [0.1, 0.15) is 11.5 Å². The van der Waals surface area contributed by atoms with Crippen molar-refractivity contribution in [2.75, 3.05) is 22.9 Å². The molecule has 0 spiro atoms. The van der Waals surface area contributed by atoms with E-state index in [4.69, 9.17) is 16.8 Å². The van der Waals surface area contributed by atoms with E-state index in [0.717, 1.165) is 56.4 Å². The Labute approximate surface area is 485 Å². The van der Waals surface area contributed by atoms with Crippen LogP contribution in [-0.2, 0) is 46.9 Å². The summed E-state index contributed by atoms with van der Waals surface area (Å²) in [5.41, 5.74) is 15.7. The SMILES string of the molecule is CC(C)(CN=Cc1ccc(-c2c(C(C)(C)C)cc(N(c3ccccc3)c3ccccc3)cc2C(C)(C)C)cc1O)CN=Cc1ccc(-c2c(C(C)(C)C)cc(N(c3ccccc3)c3ccccc3)cc2C(C)(C)C)cc1O.[O]=[W]=[O]. The standard InChI is InChI=1S/C71H80N4O2.2O.W/c1-67(2,3)59-41-57(74(53-27-19-15-20-28-53)54-29-21-16-22-30-54)42-60(68(4,5)6)65(59)49-35-37-51(63(76)39-49)45-72-47-71(13,14)48-73-46-52-38-36-50(40-64(52)77)66-61(69(7,8)9)43-58(44-62(66)70(10,11)12)75(55-31-23-17-24-32-55)56-33-25-18-26-34-56;;;/h15-46,76-77H,47-48H2,1-14H3;;;. The maximum atomic E-state index is 11.7. The third-order valence-electron chi connectivity index (χ3n) is 14.2. The summed E-state index contributed by atoms with van der Waals surface area (Å²) in [6.45, 7) is 32.4. The summed E-state index contributed by atoms with van der Waals surface area (Å²) in [7, 11) is 0. The molecule has 2 N–H and O–H groups in total. The number of aromatic hydroxyl groups is 2. The molecule has 9 heteroatoms. The molecule has 0 heterocycles. The molecule has 414 valence electrons. The van der Waals surface area contributed by atoms with E-state index < -0.39 is 18.5 Å². The molecule has 0 aromatic heterocycles. The van der Waals surface area contributed by atoms with Crippen molar-refractivity contribution < 1.29 is 35.5 Å². The second kappa shape index (κ2) is 24.9. The molecular formula is C71H80N4O4W. The Kier molecular flexibility index (Phi) is 18.8. The molecule has 0 radical (unpaired) electrons. The van der Waals surface area contributed by atoms with Gasteiger partial charge in [-0.2, -0.15) is 0 Å². The number of aliphatic imine (C=N–C) groups is 2. The molecule has 0 aliphatic heterocycles. The van der Waals surface area contributed by atoms with E-state index in [-0.39, 0.29) is 38.6 Å². The summed E-state index contributed by atoms with van der Waals surface area (Å²) in [6.07, 6.45) is 3.55. The van der Waals surface area contributed by atoms with Crippen molar-refractivity contribution in [2.24, 2.45) is 15.4 Å². The van der Waals surface area contributed by atoms with Crippen molar-refractivity contribution in [3.05, 3.63) is 215 Å². The number of phenolic OH excluding ortho intramolecular Hbond substituents is 2. The van der Waals surface area contributed by atoms with Crippen LogP contribution >= 0.6 is 0 Å². The van der Waals surface area contributed by atoms with Crippen LogP contribution in [0, 0.1) is 5.41 Å². The number of phenols is 2. The summed E-state index contributed by atoms with van der Waals surface area (Å²) in [5, 5.41) is 23.4. The average Bonchev–Trinajstić information content (AvgIpc) is 3.61. The molecular weight excluding hydrogens is 1160 g/mol. The number of hydrogen-bond donors (Lipinski definition) is 2. The summed E-state index contributed by atoms with van der Waals surface area (Å²) < 4.78 is 17.1. The Bertz CT molecular complexity index is 3110. The number of benzene rings is 8. The fourth-order valence-electron chi connectivity index (χ4n) is 10.2. The van der Waals surface area contributed by atoms with Gasteiger partial charge < -0.3 is 20.0 Å². The topological polar surface area (TPSA) is 106 Å². The van der Waals surface area contributed by atoms with Crippen molar-refractivity contribution in [2.45, 2.75) is 119 Å². The van der Waals surface area contributed by atoms with Crippen molar-refractivity contribution >= 4 is 46.6 Å². The number of hydrogen-bond acceptors (Lipinski definition) is 8. The zero-order valence-corrected chi connectivity index (χ0v) is 52.2. The molecule has 0 amide bonds. The van der Waals surface area contributed by atoms with Crippen LogP contribution < -0.4 is 9.80 Å². The van der Waals surface area contributed by atoms with Gasteiger partial charge in [-0.05, 0) is 163 Å². The molecule has 80 heavy (non-hydrogen) atoms. The van der Waals surface area contributed by atoms with Gasteiger partial charge in [-0.15, -0.1) is 0 Å². The van der Waals surface area contributed by atoms with Gasteiger partial charge in [-0.25, -0.2) is 0 Å².